The molecule has 3 nitrogen and oxygen atoms in total. The van der Waals surface area contributed by atoms with Crippen molar-refractivity contribution in [1.29, 1.82) is 0 Å². The van der Waals surface area contributed by atoms with Crippen LogP contribution in [0.15, 0.2) is 24.3 Å². The molecule has 2 aliphatic carbocycles. The monoisotopic (exact) mass is 330 g/mol. The van der Waals surface area contributed by atoms with Crippen molar-refractivity contribution in [3.63, 3.8) is 0 Å². The van der Waals surface area contributed by atoms with Crippen molar-refractivity contribution in [1.82, 2.24) is 10.2 Å². The summed E-state index contributed by atoms with van der Waals surface area (Å²) in [6.07, 6.45) is 8.54. The van der Waals surface area contributed by atoms with Gasteiger partial charge < -0.3 is 10.2 Å². The van der Waals surface area contributed by atoms with E-state index in [-0.39, 0.29) is 17.8 Å². The molecule has 1 N–H and O–H groups in total. The van der Waals surface area contributed by atoms with Gasteiger partial charge in [-0.1, -0.05) is 25.0 Å². The third-order valence-corrected chi connectivity index (χ3v) is 6.20. The van der Waals surface area contributed by atoms with Gasteiger partial charge in [-0.3, -0.25) is 4.79 Å². The quantitative estimate of drug-likeness (QED) is 0.918. The average Bonchev–Trinajstić information content (AvgIpc) is 3.32. The normalized spacial score (nSPS) is 24.9. The van der Waals surface area contributed by atoms with Gasteiger partial charge in [-0.15, -0.1) is 0 Å². The van der Waals surface area contributed by atoms with E-state index in [9.17, 15) is 9.18 Å². The van der Waals surface area contributed by atoms with E-state index in [1.807, 2.05) is 6.07 Å². The summed E-state index contributed by atoms with van der Waals surface area (Å²) >= 11 is 0. The Balaban J connectivity index is 1.45. The number of nitrogens with zero attached hydrogens (tertiary/aromatic N) is 1. The molecule has 1 aliphatic heterocycles. The fraction of sp³-hybridized carbons (Fsp3) is 0.650. The Bertz CT molecular complexity index is 599. The van der Waals surface area contributed by atoms with Gasteiger partial charge >= 0.3 is 0 Å². The van der Waals surface area contributed by atoms with E-state index in [1.165, 1.54) is 18.9 Å². The maximum Gasteiger partial charge on any atom is 0.230 e. The van der Waals surface area contributed by atoms with E-state index in [0.717, 1.165) is 63.2 Å². The Hall–Kier alpha value is -1.42. The van der Waals surface area contributed by atoms with Crippen molar-refractivity contribution < 1.29 is 9.18 Å². The number of amides is 1. The van der Waals surface area contributed by atoms with Gasteiger partial charge in [0.25, 0.3) is 0 Å². The third kappa shape index (κ3) is 3.08. The van der Waals surface area contributed by atoms with Crippen LogP contribution >= 0.6 is 0 Å². The van der Waals surface area contributed by atoms with Crippen LogP contribution in [0.1, 0.15) is 56.9 Å². The zero-order valence-corrected chi connectivity index (χ0v) is 14.3. The van der Waals surface area contributed by atoms with Crippen molar-refractivity contribution in [2.45, 2.75) is 68.9 Å². The van der Waals surface area contributed by atoms with Crippen molar-refractivity contribution in [3.8, 4) is 0 Å². The minimum atomic E-state index is -0.518. The molecule has 130 valence electrons. The standard InChI is InChI=1S/C20H27FN2O/c21-16-5-3-4-15(14-16)20(10-1-2-11-20)19(24)22-17-8-12-23(13-9-17)18-6-7-18/h3-5,14,17-18H,1-2,6-13H2,(H,22,24). The van der Waals surface area contributed by atoms with Crippen LogP contribution in [0.2, 0.25) is 0 Å². The number of hydrogen-bond donors (Lipinski definition) is 1. The molecule has 0 spiro atoms. The van der Waals surface area contributed by atoms with Crippen molar-refractivity contribution in [2.75, 3.05) is 13.1 Å². The number of carbonyl (C=O) groups is 1. The molecule has 1 amide bonds. The number of benzene rings is 1. The van der Waals surface area contributed by atoms with Gasteiger partial charge in [-0.05, 0) is 56.2 Å². The Morgan fingerprint density at radius 3 is 2.46 bits per heavy atom. The first-order valence-corrected chi connectivity index (χ1v) is 9.48. The van der Waals surface area contributed by atoms with Gasteiger partial charge in [0.05, 0.1) is 5.41 Å². The zero-order valence-electron chi connectivity index (χ0n) is 14.3. The predicted molar refractivity (Wildman–Crippen MR) is 92.3 cm³/mol. The van der Waals surface area contributed by atoms with Crippen LogP contribution < -0.4 is 5.32 Å². The summed E-state index contributed by atoms with van der Waals surface area (Å²) in [4.78, 5) is 15.7. The molecular weight excluding hydrogens is 303 g/mol. The SMILES string of the molecule is O=C(NC1CCN(C2CC2)CC1)C1(c2cccc(F)c2)CCCC1. The van der Waals surface area contributed by atoms with Gasteiger partial charge in [0.1, 0.15) is 5.82 Å². The largest absolute Gasteiger partial charge is 0.353 e. The van der Waals surface area contributed by atoms with Crippen molar-refractivity contribution >= 4 is 5.91 Å². The second kappa shape index (κ2) is 6.47. The topological polar surface area (TPSA) is 32.3 Å². The molecule has 0 aromatic heterocycles. The van der Waals surface area contributed by atoms with Crippen LogP contribution in [0, 0.1) is 5.82 Å². The lowest BCUT2D eigenvalue weighted by atomic mass is 9.77. The van der Waals surface area contributed by atoms with E-state index < -0.39 is 5.41 Å². The van der Waals surface area contributed by atoms with Crippen LogP contribution in [0.3, 0.4) is 0 Å². The highest BCUT2D eigenvalue weighted by Gasteiger charge is 2.43. The second-order valence-corrected chi connectivity index (χ2v) is 7.81. The minimum Gasteiger partial charge on any atom is -0.353 e. The lowest BCUT2D eigenvalue weighted by Gasteiger charge is -2.35. The van der Waals surface area contributed by atoms with E-state index >= 15 is 0 Å². The summed E-state index contributed by atoms with van der Waals surface area (Å²) < 4.78 is 13.7. The Morgan fingerprint density at radius 1 is 1.12 bits per heavy atom. The van der Waals surface area contributed by atoms with E-state index in [2.05, 4.69) is 10.2 Å². The number of piperidine rings is 1. The molecule has 1 aromatic rings. The summed E-state index contributed by atoms with van der Waals surface area (Å²) in [6.45, 7) is 2.20. The fourth-order valence-electron chi connectivity index (χ4n) is 4.58. The third-order valence-electron chi connectivity index (χ3n) is 6.20. The molecule has 4 rings (SSSR count). The molecular formula is C20H27FN2O. The zero-order chi connectivity index (χ0) is 16.6. The van der Waals surface area contributed by atoms with Crippen LogP contribution in [0.25, 0.3) is 0 Å². The van der Waals surface area contributed by atoms with Gasteiger partial charge in [-0.2, -0.15) is 0 Å². The predicted octanol–water partition coefficient (Wildman–Crippen LogP) is 3.38. The number of nitrogens with one attached hydrogen (secondary N) is 1. The Labute approximate surface area is 143 Å². The van der Waals surface area contributed by atoms with E-state index in [0.29, 0.717) is 0 Å². The smallest absolute Gasteiger partial charge is 0.230 e. The second-order valence-electron chi connectivity index (χ2n) is 7.81. The first kappa shape index (κ1) is 16.1. The number of rotatable bonds is 4. The summed E-state index contributed by atoms with van der Waals surface area (Å²) in [7, 11) is 0. The molecule has 2 saturated carbocycles. The van der Waals surface area contributed by atoms with Gasteiger partial charge in [0.15, 0.2) is 0 Å². The van der Waals surface area contributed by atoms with E-state index in [4.69, 9.17) is 0 Å². The number of likely N-dealkylation sites (tertiary alicyclic amines) is 1. The summed E-state index contributed by atoms with van der Waals surface area (Å²) in [5.74, 6) is -0.125. The molecule has 4 heteroatoms. The molecule has 1 saturated heterocycles. The fourth-order valence-corrected chi connectivity index (χ4v) is 4.58. The molecule has 3 aliphatic rings. The molecule has 0 bridgehead atoms. The first-order valence-electron chi connectivity index (χ1n) is 9.48. The minimum absolute atomic E-state index is 0.121. The number of halogens is 1. The van der Waals surface area contributed by atoms with Crippen LogP contribution in [0.5, 0.6) is 0 Å². The van der Waals surface area contributed by atoms with Gasteiger partial charge in [-0.25, -0.2) is 4.39 Å². The van der Waals surface area contributed by atoms with Crippen LogP contribution in [-0.2, 0) is 10.2 Å². The highest BCUT2D eigenvalue weighted by atomic mass is 19.1. The molecule has 1 heterocycles. The molecule has 0 radical (unpaired) electrons. The van der Waals surface area contributed by atoms with Crippen molar-refractivity contribution in [3.05, 3.63) is 35.6 Å². The summed E-state index contributed by atoms with van der Waals surface area (Å²) in [5, 5.41) is 3.31. The first-order chi connectivity index (χ1) is 11.7. The molecule has 3 fully saturated rings. The maximum absolute atomic E-state index is 13.7. The van der Waals surface area contributed by atoms with E-state index in [1.54, 1.807) is 12.1 Å². The summed E-state index contributed by atoms with van der Waals surface area (Å²) in [6, 6.07) is 7.75. The van der Waals surface area contributed by atoms with Crippen molar-refractivity contribution in [2.24, 2.45) is 0 Å². The highest BCUT2D eigenvalue weighted by molar-refractivity contribution is 5.88. The maximum atomic E-state index is 13.7. The van der Waals surface area contributed by atoms with Crippen LogP contribution in [0.4, 0.5) is 4.39 Å². The lowest BCUT2D eigenvalue weighted by molar-refractivity contribution is -0.127. The lowest BCUT2D eigenvalue weighted by Crippen LogP contribution is -2.51. The van der Waals surface area contributed by atoms with Gasteiger partial charge in [0.2, 0.25) is 5.91 Å². The number of hydrogen-bond acceptors (Lipinski definition) is 2. The Morgan fingerprint density at radius 2 is 1.83 bits per heavy atom. The molecule has 0 unspecified atom stereocenters. The number of carbonyl (C=O) groups excluding carboxylic acids is 1. The highest BCUT2D eigenvalue weighted by Crippen LogP contribution is 2.42. The van der Waals surface area contributed by atoms with Gasteiger partial charge in [0, 0.05) is 25.2 Å². The Kier molecular flexibility index (Phi) is 4.33. The van der Waals surface area contributed by atoms with Crippen LogP contribution in [-0.4, -0.2) is 36.0 Å². The summed E-state index contributed by atoms with van der Waals surface area (Å²) in [5.41, 5.74) is 0.336. The molecule has 24 heavy (non-hydrogen) atoms. The average molecular weight is 330 g/mol. The molecule has 1 aromatic carbocycles. The molecule has 0 atom stereocenters.